The zero-order valence-electron chi connectivity index (χ0n) is 9.71. The second-order valence-electron chi connectivity index (χ2n) is 4.05. The summed E-state index contributed by atoms with van der Waals surface area (Å²) in [5.41, 5.74) is 3.83. The van der Waals surface area contributed by atoms with Crippen LogP contribution in [-0.4, -0.2) is 5.78 Å². The van der Waals surface area contributed by atoms with E-state index in [1.807, 2.05) is 18.2 Å². The third kappa shape index (κ3) is 3.70. The largest absolute Gasteiger partial charge is 0.300 e. The van der Waals surface area contributed by atoms with Crippen molar-refractivity contribution in [1.29, 1.82) is 0 Å². The van der Waals surface area contributed by atoms with Crippen molar-refractivity contribution in [3.05, 3.63) is 41.5 Å². The van der Waals surface area contributed by atoms with Gasteiger partial charge in [-0.05, 0) is 38.3 Å². The predicted molar refractivity (Wildman–Crippen MR) is 64.6 cm³/mol. The fourth-order valence-corrected chi connectivity index (χ4v) is 1.62. The summed E-state index contributed by atoms with van der Waals surface area (Å²) in [5.74, 6) is 0.254. The Bertz CT molecular complexity index is 356. The molecule has 0 saturated heterocycles. The van der Waals surface area contributed by atoms with Gasteiger partial charge in [0.15, 0.2) is 0 Å². The highest BCUT2D eigenvalue weighted by Gasteiger charge is 2.04. The summed E-state index contributed by atoms with van der Waals surface area (Å²) in [7, 11) is 0. The van der Waals surface area contributed by atoms with Gasteiger partial charge in [-0.25, -0.2) is 0 Å². The Kier molecular flexibility index (Phi) is 4.29. The molecule has 1 nitrogen and oxygen atoms in total. The molecule has 0 fully saturated rings. The minimum atomic E-state index is 0.254. The molecule has 0 aromatic heterocycles. The summed E-state index contributed by atoms with van der Waals surface area (Å²) < 4.78 is 0. The first-order chi connectivity index (χ1) is 7.11. The van der Waals surface area contributed by atoms with Crippen LogP contribution >= 0.6 is 0 Å². The first kappa shape index (κ1) is 11.7. The van der Waals surface area contributed by atoms with E-state index in [-0.39, 0.29) is 5.78 Å². The van der Waals surface area contributed by atoms with E-state index in [0.29, 0.717) is 6.42 Å². The number of carbonyl (C=O) groups excluding carboxylic acids is 1. The van der Waals surface area contributed by atoms with E-state index in [1.165, 1.54) is 16.7 Å². The molecule has 0 atom stereocenters. The van der Waals surface area contributed by atoms with Crippen molar-refractivity contribution in [2.75, 3.05) is 0 Å². The summed E-state index contributed by atoms with van der Waals surface area (Å²) in [4.78, 5) is 11.0. The molecular formula is C14H18O. The fraction of sp³-hybridized carbons (Fsp3) is 0.357. The van der Waals surface area contributed by atoms with Crippen LogP contribution in [0.2, 0.25) is 0 Å². The van der Waals surface area contributed by atoms with Crippen LogP contribution in [0.5, 0.6) is 0 Å². The van der Waals surface area contributed by atoms with Crippen LogP contribution in [0.25, 0.3) is 5.57 Å². The molecule has 0 amide bonds. The van der Waals surface area contributed by atoms with Crippen molar-refractivity contribution in [2.45, 2.75) is 33.6 Å². The normalized spacial score (nSPS) is 9.80. The molecule has 0 heterocycles. The highest BCUT2D eigenvalue weighted by atomic mass is 16.1. The maximum absolute atomic E-state index is 11.0. The molecule has 1 aromatic carbocycles. The third-order valence-corrected chi connectivity index (χ3v) is 2.45. The predicted octanol–water partition coefficient (Wildman–Crippen LogP) is 3.85. The van der Waals surface area contributed by atoms with Crippen molar-refractivity contribution in [3.8, 4) is 0 Å². The van der Waals surface area contributed by atoms with Crippen LogP contribution < -0.4 is 0 Å². The molecule has 0 N–H and O–H groups in total. The molecule has 0 saturated carbocycles. The lowest BCUT2D eigenvalue weighted by Gasteiger charge is -2.09. The number of rotatable bonds is 4. The minimum Gasteiger partial charge on any atom is -0.300 e. The third-order valence-electron chi connectivity index (χ3n) is 2.45. The van der Waals surface area contributed by atoms with E-state index >= 15 is 0 Å². The lowest BCUT2D eigenvalue weighted by atomic mass is 9.96. The molecule has 0 aliphatic rings. The van der Waals surface area contributed by atoms with Crippen molar-refractivity contribution < 1.29 is 4.79 Å². The van der Waals surface area contributed by atoms with Gasteiger partial charge in [-0.3, -0.25) is 0 Å². The molecule has 0 radical (unpaired) electrons. The second-order valence-corrected chi connectivity index (χ2v) is 4.05. The average Bonchev–Trinajstić information content (AvgIpc) is 2.18. The number of hydrogen-bond acceptors (Lipinski definition) is 1. The van der Waals surface area contributed by atoms with E-state index in [0.717, 1.165) is 6.42 Å². The van der Waals surface area contributed by atoms with E-state index < -0.39 is 0 Å². The molecular weight excluding hydrogens is 184 g/mol. The number of carbonyl (C=O) groups is 1. The summed E-state index contributed by atoms with van der Waals surface area (Å²) in [6.07, 6.45) is 1.48. The second kappa shape index (κ2) is 5.50. The number of allylic oxidation sites excluding steroid dienone is 2. The highest BCUT2D eigenvalue weighted by Crippen LogP contribution is 2.23. The van der Waals surface area contributed by atoms with Crippen molar-refractivity contribution in [2.24, 2.45) is 0 Å². The van der Waals surface area contributed by atoms with E-state index in [4.69, 9.17) is 0 Å². The Morgan fingerprint density at radius 2 is 1.60 bits per heavy atom. The Hall–Kier alpha value is -1.37. The lowest BCUT2D eigenvalue weighted by Crippen LogP contribution is -1.93. The van der Waals surface area contributed by atoms with Crippen molar-refractivity contribution in [3.63, 3.8) is 0 Å². The molecule has 0 aliphatic heterocycles. The molecule has 1 aromatic rings. The van der Waals surface area contributed by atoms with Gasteiger partial charge in [-0.15, -0.1) is 0 Å². The zero-order valence-corrected chi connectivity index (χ0v) is 9.71. The average molecular weight is 202 g/mol. The smallest absolute Gasteiger partial charge is 0.130 e. The Balaban J connectivity index is 2.86. The molecule has 1 heteroatoms. The SMILES string of the molecule is CC(=O)CCC(=C(C)C)c1ccccc1. The molecule has 0 bridgehead atoms. The van der Waals surface area contributed by atoms with Gasteiger partial charge >= 0.3 is 0 Å². The van der Waals surface area contributed by atoms with Crippen LogP contribution in [0.4, 0.5) is 0 Å². The number of Topliss-reactive ketones (excluding diaryl/α,β-unsaturated/α-hetero) is 1. The number of benzene rings is 1. The molecule has 1 rings (SSSR count). The maximum atomic E-state index is 11.0. The van der Waals surface area contributed by atoms with Crippen LogP contribution in [0.1, 0.15) is 39.2 Å². The van der Waals surface area contributed by atoms with Crippen LogP contribution in [0.3, 0.4) is 0 Å². The maximum Gasteiger partial charge on any atom is 0.130 e. The standard InChI is InChI=1S/C14H18O/c1-11(2)14(10-9-12(3)15)13-7-5-4-6-8-13/h4-8H,9-10H2,1-3H3. The molecule has 0 aliphatic carbocycles. The van der Waals surface area contributed by atoms with Gasteiger partial charge in [0.05, 0.1) is 0 Å². The molecule has 0 unspecified atom stereocenters. The van der Waals surface area contributed by atoms with E-state index in [9.17, 15) is 4.79 Å². The summed E-state index contributed by atoms with van der Waals surface area (Å²) in [6, 6.07) is 10.3. The van der Waals surface area contributed by atoms with Crippen molar-refractivity contribution >= 4 is 11.4 Å². The van der Waals surface area contributed by atoms with Crippen molar-refractivity contribution in [1.82, 2.24) is 0 Å². The van der Waals surface area contributed by atoms with E-state index in [1.54, 1.807) is 6.92 Å². The summed E-state index contributed by atoms with van der Waals surface area (Å²) in [5, 5.41) is 0. The Labute approximate surface area is 91.8 Å². The van der Waals surface area contributed by atoms with Gasteiger partial charge in [-0.1, -0.05) is 35.9 Å². The lowest BCUT2D eigenvalue weighted by molar-refractivity contribution is -0.116. The molecule has 15 heavy (non-hydrogen) atoms. The van der Waals surface area contributed by atoms with Gasteiger partial charge in [0.1, 0.15) is 5.78 Å². The molecule has 80 valence electrons. The number of ketones is 1. The first-order valence-corrected chi connectivity index (χ1v) is 5.32. The van der Waals surface area contributed by atoms with Gasteiger partial charge < -0.3 is 4.79 Å². The van der Waals surface area contributed by atoms with E-state index in [2.05, 4.69) is 26.0 Å². The Morgan fingerprint density at radius 1 is 1.00 bits per heavy atom. The van der Waals surface area contributed by atoms with Crippen LogP contribution in [-0.2, 0) is 4.79 Å². The van der Waals surface area contributed by atoms with Crippen LogP contribution in [0, 0.1) is 0 Å². The Morgan fingerprint density at radius 3 is 2.07 bits per heavy atom. The van der Waals surface area contributed by atoms with Gasteiger partial charge in [0.2, 0.25) is 0 Å². The monoisotopic (exact) mass is 202 g/mol. The quantitative estimate of drug-likeness (QED) is 0.724. The van der Waals surface area contributed by atoms with Gasteiger partial charge in [-0.2, -0.15) is 0 Å². The summed E-state index contributed by atoms with van der Waals surface area (Å²) in [6.45, 7) is 5.85. The summed E-state index contributed by atoms with van der Waals surface area (Å²) >= 11 is 0. The highest BCUT2D eigenvalue weighted by molar-refractivity contribution is 5.79. The minimum absolute atomic E-state index is 0.254. The zero-order chi connectivity index (χ0) is 11.3. The number of hydrogen-bond donors (Lipinski definition) is 0. The van der Waals surface area contributed by atoms with Gasteiger partial charge in [0, 0.05) is 6.42 Å². The first-order valence-electron chi connectivity index (χ1n) is 5.32. The molecule has 0 spiro atoms. The van der Waals surface area contributed by atoms with Crippen LogP contribution in [0.15, 0.2) is 35.9 Å². The topological polar surface area (TPSA) is 17.1 Å². The fourth-order valence-electron chi connectivity index (χ4n) is 1.62. The van der Waals surface area contributed by atoms with Gasteiger partial charge in [0.25, 0.3) is 0 Å².